The molecule has 2 aromatic carbocycles. The van der Waals surface area contributed by atoms with E-state index >= 15 is 0 Å². The first kappa shape index (κ1) is 25.0. The molecule has 2 amide bonds. The standard InChI is InChI=1S/C29H35BrN4O2/c1-32(2)29(23-8-4-3-5-9-23)12-15-33(16-13-29)28(36)21-7-6-14-34(20-21)27(35)17-22-19-31-26-11-10-24(30)18-25(22)26/h3-5,8-11,18-19,21,31H,6-7,12-17,20H2,1-2H3. The molecule has 2 aliphatic rings. The van der Waals surface area contributed by atoms with E-state index in [4.69, 9.17) is 0 Å². The number of nitrogens with one attached hydrogen (secondary N) is 1. The van der Waals surface area contributed by atoms with Crippen LogP contribution in [0.2, 0.25) is 0 Å². The number of carbonyl (C=O) groups is 2. The summed E-state index contributed by atoms with van der Waals surface area (Å²) in [5.74, 6) is 0.204. The van der Waals surface area contributed by atoms with E-state index in [2.05, 4.69) is 76.3 Å². The van der Waals surface area contributed by atoms with Gasteiger partial charge in [-0.3, -0.25) is 14.5 Å². The van der Waals surface area contributed by atoms with Crippen LogP contribution in [0.5, 0.6) is 0 Å². The third kappa shape index (κ3) is 4.83. The van der Waals surface area contributed by atoms with E-state index in [1.165, 1.54) is 5.56 Å². The third-order valence-corrected chi connectivity index (χ3v) is 8.76. The predicted molar refractivity (Wildman–Crippen MR) is 147 cm³/mol. The van der Waals surface area contributed by atoms with Crippen molar-refractivity contribution < 1.29 is 9.59 Å². The van der Waals surface area contributed by atoms with Gasteiger partial charge >= 0.3 is 0 Å². The van der Waals surface area contributed by atoms with Crippen molar-refractivity contribution in [2.24, 2.45) is 5.92 Å². The van der Waals surface area contributed by atoms with Crippen LogP contribution < -0.4 is 0 Å². The number of carbonyl (C=O) groups excluding carboxylic acids is 2. The quantitative estimate of drug-likeness (QED) is 0.496. The monoisotopic (exact) mass is 550 g/mol. The van der Waals surface area contributed by atoms with Crippen LogP contribution in [-0.2, 0) is 21.5 Å². The molecule has 0 spiro atoms. The lowest BCUT2D eigenvalue weighted by molar-refractivity contribution is -0.142. The molecule has 0 saturated carbocycles. The summed E-state index contributed by atoms with van der Waals surface area (Å²) < 4.78 is 0.999. The summed E-state index contributed by atoms with van der Waals surface area (Å²) in [6.07, 6.45) is 5.85. The zero-order valence-corrected chi connectivity index (χ0v) is 22.8. The van der Waals surface area contributed by atoms with Crippen LogP contribution >= 0.6 is 15.9 Å². The van der Waals surface area contributed by atoms with Crippen LogP contribution in [0, 0.1) is 5.92 Å². The zero-order chi connectivity index (χ0) is 25.3. The first-order valence-electron chi connectivity index (χ1n) is 12.9. The molecule has 0 radical (unpaired) electrons. The van der Waals surface area contributed by atoms with Gasteiger partial charge in [0.25, 0.3) is 0 Å². The van der Waals surface area contributed by atoms with Gasteiger partial charge in [0.1, 0.15) is 0 Å². The van der Waals surface area contributed by atoms with Crippen LogP contribution in [0.15, 0.2) is 59.2 Å². The van der Waals surface area contributed by atoms with Gasteiger partial charge in [-0.1, -0.05) is 46.3 Å². The lowest BCUT2D eigenvalue weighted by Gasteiger charge is -2.47. The highest BCUT2D eigenvalue weighted by Gasteiger charge is 2.41. The Kier molecular flexibility index (Phi) is 7.22. The lowest BCUT2D eigenvalue weighted by Crippen LogP contribution is -2.54. The zero-order valence-electron chi connectivity index (χ0n) is 21.2. The molecule has 36 heavy (non-hydrogen) atoms. The van der Waals surface area contributed by atoms with Crippen molar-refractivity contribution in [1.82, 2.24) is 19.7 Å². The fraction of sp³-hybridized carbons (Fsp3) is 0.448. The Morgan fingerprint density at radius 3 is 2.53 bits per heavy atom. The Labute approximate surface area is 221 Å². The van der Waals surface area contributed by atoms with E-state index in [9.17, 15) is 9.59 Å². The van der Waals surface area contributed by atoms with Crippen LogP contribution in [0.4, 0.5) is 0 Å². The maximum atomic E-state index is 13.5. The second-order valence-corrected chi connectivity index (χ2v) is 11.4. The maximum Gasteiger partial charge on any atom is 0.227 e. The fourth-order valence-electron chi connectivity index (χ4n) is 6.07. The van der Waals surface area contributed by atoms with Crippen molar-refractivity contribution in [3.63, 3.8) is 0 Å². The van der Waals surface area contributed by atoms with Gasteiger partial charge in [0.05, 0.1) is 12.3 Å². The number of benzene rings is 2. The predicted octanol–water partition coefficient (Wildman–Crippen LogP) is 4.79. The van der Waals surface area contributed by atoms with Gasteiger partial charge in [0, 0.05) is 53.3 Å². The van der Waals surface area contributed by atoms with Gasteiger partial charge in [0.2, 0.25) is 11.8 Å². The summed E-state index contributed by atoms with van der Waals surface area (Å²) in [5, 5.41) is 1.07. The second kappa shape index (κ2) is 10.4. The average molecular weight is 552 g/mol. The van der Waals surface area contributed by atoms with Crippen molar-refractivity contribution in [1.29, 1.82) is 0 Å². The number of likely N-dealkylation sites (tertiary alicyclic amines) is 2. The highest BCUT2D eigenvalue weighted by atomic mass is 79.9. The second-order valence-electron chi connectivity index (χ2n) is 10.5. The molecule has 0 aliphatic carbocycles. The number of piperidine rings is 2. The fourth-order valence-corrected chi connectivity index (χ4v) is 6.44. The topological polar surface area (TPSA) is 59.6 Å². The number of fused-ring (bicyclic) bond motifs is 1. The van der Waals surface area contributed by atoms with Gasteiger partial charge in [-0.05, 0) is 69.1 Å². The molecule has 3 heterocycles. The van der Waals surface area contributed by atoms with E-state index in [0.717, 1.165) is 66.3 Å². The number of hydrogen-bond donors (Lipinski definition) is 1. The highest BCUT2D eigenvalue weighted by molar-refractivity contribution is 9.10. The molecule has 2 saturated heterocycles. The van der Waals surface area contributed by atoms with E-state index in [-0.39, 0.29) is 23.3 Å². The molecule has 5 rings (SSSR count). The molecular weight excluding hydrogens is 516 g/mol. The van der Waals surface area contributed by atoms with Gasteiger partial charge in [-0.25, -0.2) is 0 Å². The maximum absolute atomic E-state index is 13.5. The summed E-state index contributed by atoms with van der Waals surface area (Å²) in [5.41, 5.74) is 3.31. The first-order valence-corrected chi connectivity index (χ1v) is 13.7. The van der Waals surface area contributed by atoms with Crippen LogP contribution in [0.3, 0.4) is 0 Å². The Morgan fingerprint density at radius 1 is 1.06 bits per heavy atom. The Balaban J connectivity index is 1.22. The van der Waals surface area contributed by atoms with Crippen molar-refractivity contribution in [2.75, 3.05) is 40.3 Å². The molecule has 3 aromatic rings. The molecule has 190 valence electrons. The summed E-state index contributed by atoms with van der Waals surface area (Å²) in [7, 11) is 4.28. The molecule has 2 fully saturated rings. The van der Waals surface area contributed by atoms with E-state index in [1.54, 1.807) is 0 Å². The summed E-state index contributed by atoms with van der Waals surface area (Å²) in [6, 6.07) is 16.7. The van der Waals surface area contributed by atoms with E-state index in [1.807, 2.05) is 28.1 Å². The minimum atomic E-state index is -0.108. The van der Waals surface area contributed by atoms with E-state index < -0.39 is 0 Å². The largest absolute Gasteiger partial charge is 0.361 e. The van der Waals surface area contributed by atoms with Gasteiger partial charge < -0.3 is 14.8 Å². The molecule has 0 bridgehead atoms. The smallest absolute Gasteiger partial charge is 0.227 e. The van der Waals surface area contributed by atoms with Gasteiger partial charge in [-0.15, -0.1) is 0 Å². The molecule has 1 unspecified atom stereocenters. The number of halogens is 1. The highest BCUT2D eigenvalue weighted by Crippen LogP contribution is 2.38. The number of hydrogen-bond acceptors (Lipinski definition) is 3. The first-order chi connectivity index (χ1) is 17.4. The van der Waals surface area contributed by atoms with E-state index in [0.29, 0.717) is 13.0 Å². The normalized spacial score (nSPS) is 20.2. The van der Waals surface area contributed by atoms with Gasteiger partial charge in [0.15, 0.2) is 0 Å². The molecule has 7 heteroatoms. The number of aromatic amines is 1. The third-order valence-electron chi connectivity index (χ3n) is 8.26. The molecule has 2 aliphatic heterocycles. The Hall–Kier alpha value is -2.64. The van der Waals surface area contributed by atoms with Crippen LogP contribution in [-0.4, -0.2) is 71.8 Å². The molecule has 1 aromatic heterocycles. The Bertz CT molecular complexity index is 1230. The number of nitrogens with zero attached hydrogens (tertiary/aromatic N) is 3. The lowest BCUT2D eigenvalue weighted by atomic mass is 9.79. The Morgan fingerprint density at radius 2 is 1.81 bits per heavy atom. The number of aromatic nitrogens is 1. The molecule has 6 nitrogen and oxygen atoms in total. The summed E-state index contributed by atoms with van der Waals surface area (Å²) in [6.45, 7) is 2.76. The minimum absolute atomic E-state index is 0.0407. The SMILES string of the molecule is CN(C)C1(c2ccccc2)CCN(C(=O)C2CCCN(C(=O)Cc3c[nH]c4ccc(Br)cc34)C2)CC1. The summed E-state index contributed by atoms with van der Waals surface area (Å²) in [4.78, 5) is 36.3. The number of amides is 2. The molecule has 1 N–H and O–H groups in total. The minimum Gasteiger partial charge on any atom is -0.361 e. The van der Waals surface area contributed by atoms with Crippen LogP contribution in [0.1, 0.15) is 36.8 Å². The van der Waals surface area contributed by atoms with Gasteiger partial charge in [-0.2, -0.15) is 0 Å². The molecular formula is C29H35BrN4O2. The summed E-state index contributed by atoms with van der Waals surface area (Å²) >= 11 is 3.53. The van der Waals surface area contributed by atoms with Crippen molar-refractivity contribution in [3.8, 4) is 0 Å². The van der Waals surface area contributed by atoms with Crippen molar-refractivity contribution in [2.45, 2.75) is 37.6 Å². The van der Waals surface area contributed by atoms with Crippen LogP contribution in [0.25, 0.3) is 10.9 Å². The van der Waals surface area contributed by atoms with Crippen molar-refractivity contribution >= 4 is 38.6 Å². The number of rotatable bonds is 5. The molecule has 1 atom stereocenters. The van der Waals surface area contributed by atoms with Crippen molar-refractivity contribution in [3.05, 3.63) is 70.3 Å². The average Bonchev–Trinajstić information content (AvgIpc) is 3.30. The number of H-pyrrole nitrogens is 1.